The normalized spacial score (nSPS) is 10.4. The summed E-state index contributed by atoms with van der Waals surface area (Å²) in [5.74, 6) is -1.28. The number of para-hydroxylation sites is 1. The molecule has 1 N–H and O–H groups in total. The maximum absolute atomic E-state index is 11.2. The molecule has 0 atom stereocenters. The second kappa shape index (κ2) is 5.23. The number of nitro groups is 1. The van der Waals surface area contributed by atoms with Crippen LogP contribution in [0.4, 0.5) is 5.69 Å². The minimum Gasteiger partial charge on any atom is -0.478 e. The van der Waals surface area contributed by atoms with E-state index in [1.165, 1.54) is 18.2 Å². The Hall–Kier alpha value is -2.90. The molecule has 0 aliphatic carbocycles. The number of hydrogen-bond acceptors (Lipinski definition) is 5. The number of ether oxygens (including phenoxy) is 1. The maximum atomic E-state index is 11.2. The summed E-state index contributed by atoms with van der Waals surface area (Å²) in [5.41, 5.74) is 0.482. The molecule has 21 heavy (non-hydrogen) atoms. The van der Waals surface area contributed by atoms with Crippen molar-refractivity contribution in [2.45, 2.75) is 13.8 Å². The number of aromatic carboxylic acids is 1. The van der Waals surface area contributed by atoms with Gasteiger partial charge in [0.2, 0.25) is 5.75 Å². The van der Waals surface area contributed by atoms with Crippen LogP contribution in [-0.4, -0.2) is 25.8 Å². The number of nitrogens with zero attached hydrogens (tertiary/aromatic N) is 3. The first-order valence-electron chi connectivity index (χ1n) is 6.01. The molecule has 8 heteroatoms. The van der Waals surface area contributed by atoms with E-state index >= 15 is 0 Å². The average molecular weight is 291 g/mol. The Labute approximate surface area is 119 Å². The predicted molar refractivity (Wildman–Crippen MR) is 72.8 cm³/mol. The molecule has 1 aromatic carbocycles. The number of rotatable bonds is 4. The van der Waals surface area contributed by atoms with Gasteiger partial charge in [-0.1, -0.05) is 6.07 Å². The number of carbonyl (C=O) groups is 1. The van der Waals surface area contributed by atoms with E-state index in [0.29, 0.717) is 17.1 Å². The van der Waals surface area contributed by atoms with Crippen molar-refractivity contribution in [3.8, 4) is 11.5 Å². The molecule has 2 aromatic rings. The van der Waals surface area contributed by atoms with Crippen LogP contribution in [0.5, 0.6) is 11.5 Å². The molecule has 0 spiro atoms. The number of nitro benzene ring substituents is 1. The molecule has 8 nitrogen and oxygen atoms in total. The Balaban J connectivity index is 2.62. The van der Waals surface area contributed by atoms with Crippen molar-refractivity contribution < 1.29 is 19.6 Å². The molecule has 1 aromatic heterocycles. The lowest BCUT2D eigenvalue weighted by Crippen LogP contribution is -2.04. The van der Waals surface area contributed by atoms with Gasteiger partial charge >= 0.3 is 11.7 Å². The lowest BCUT2D eigenvalue weighted by atomic mass is 10.1. The van der Waals surface area contributed by atoms with Gasteiger partial charge in [0.15, 0.2) is 5.75 Å². The molecular weight excluding hydrogens is 278 g/mol. The summed E-state index contributed by atoms with van der Waals surface area (Å²) in [6, 6.07) is 3.76. The third kappa shape index (κ3) is 2.55. The van der Waals surface area contributed by atoms with Gasteiger partial charge in [0.1, 0.15) is 11.3 Å². The van der Waals surface area contributed by atoms with Gasteiger partial charge in [-0.15, -0.1) is 0 Å². The van der Waals surface area contributed by atoms with Crippen LogP contribution in [0.15, 0.2) is 18.2 Å². The van der Waals surface area contributed by atoms with Crippen molar-refractivity contribution in [1.29, 1.82) is 0 Å². The zero-order chi connectivity index (χ0) is 15.7. The van der Waals surface area contributed by atoms with Crippen LogP contribution in [0.1, 0.15) is 21.7 Å². The van der Waals surface area contributed by atoms with E-state index in [9.17, 15) is 20.0 Å². The lowest BCUT2D eigenvalue weighted by Gasteiger charge is -2.09. The molecule has 0 aliphatic rings. The minimum atomic E-state index is -1.30. The smallest absolute Gasteiger partial charge is 0.339 e. The van der Waals surface area contributed by atoms with Gasteiger partial charge in [0.25, 0.3) is 0 Å². The molecule has 2 rings (SSSR count). The van der Waals surface area contributed by atoms with Crippen LogP contribution < -0.4 is 4.74 Å². The number of carboxylic acid groups (broad SMARTS) is 1. The zero-order valence-electron chi connectivity index (χ0n) is 11.7. The molecule has 0 saturated carbocycles. The van der Waals surface area contributed by atoms with Crippen LogP contribution in [0.2, 0.25) is 0 Å². The van der Waals surface area contributed by atoms with Crippen molar-refractivity contribution in [3.63, 3.8) is 0 Å². The number of aryl methyl sites for hydroxylation is 2. The van der Waals surface area contributed by atoms with Gasteiger partial charge in [-0.2, -0.15) is 5.10 Å². The van der Waals surface area contributed by atoms with Crippen molar-refractivity contribution in [2.24, 2.45) is 7.05 Å². The molecule has 0 aliphatic heterocycles. The first-order valence-corrected chi connectivity index (χ1v) is 6.01. The Morgan fingerprint density at radius 3 is 2.52 bits per heavy atom. The van der Waals surface area contributed by atoms with Crippen LogP contribution in [0.25, 0.3) is 0 Å². The lowest BCUT2D eigenvalue weighted by molar-refractivity contribution is -0.385. The van der Waals surface area contributed by atoms with Crippen molar-refractivity contribution in [2.75, 3.05) is 0 Å². The Kier molecular flexibility index (Phi) is 3.62. The van der Waals surface area contributed by atoms with E-state index < -0.39 is 16.6 Å². The number of benzene rings is 1. The Morgan fingerprint density at radius 1 is 1.38 bits per heavy atom. The summed E-state index contributed by atoms with van der Waals surface area (Å²) < 4.78 is 7.10. The minimum absolute atomic E-state index is 0.271. The van der Waals surface area contributed by atoms with Gasteiger partial charge in [-0.3, -0.25) is 14.8 Å². The molecule has 0 unspecified atom stereocenters. The largest absolute Gasteiger partial charge is 0.478 e. The average Bonchev–Trinajstić information content (AvgIpc) is 2.65. The third-order valence-electron chi connectivity index (χ3n) is 3.07. The fraction of sp³-hybridized carbons (Fsp3) is 0.231. The molecule has 0 radical (unpaired) electrons. The van der Waals surface area contributed by atoms with Crippen LogP contribution in [-0.2, 0) is 7.05 Å². The number of aromatic nitrogens is 2. The highest BCUT2D eigenvalue weighted by Crippen LogP contribution is 2.37. The van der Waals surface area contributed by atoms with E-state index in [2.05, 4.69) is 5.10 Å². The molecule has 0 amide bonds. The fourth-order valence-corrected chi connectivity index (χ4v) is 1.95. The molecule has 0 bridgehead atoms. The summed E-state index contributed by atoms with van der Waals surface area (Å²) in [7, 11) is 1.70. The highest BCUT2D eigenvalue weighted by Gasteiger charge is 2.25. The van der Waals surface area contributed by atoms with Gasteiger partial charge < -0.3 is 9.84 Å². The summed E-state index contributed by atoms with van der Waals surface area (Å²) in [6.45, 7) is 3.40. The molecular formula is C13H13N3O5. The third-order valence-corrected chi connectivity index (χ3v) is 3.07. The summed E-state index contributed by atoms with van der Waals surface area (Å²) >= 11 is 0. The summed E-state index contributed by atoms with van der Waals surface area (Å²) in [5, 5.41) is 24.4. The van der Waals surface area contributed by atoms with Gasteiger partial charge in [0, 0.05) is 13.1 Å². The SMILES string of the molecule is Cc1nn(C)c(C)c1Oc1c(C(=O)O)cccc1[N+](=O)[O-]. The first-order chi connectivity index (χ1) is 9.82. The Morgan fingerprint density at radius 2 is 2.05 bits per heavy atom. The molecule has 1 heterocycles. The van der Waals surface area contributed by atoms with Gasteiger partial charge in [-0.25, -0.2) is 4.79 Å². The van der Waals surface area contributed by atoms with Gasteiger partial charge in [-0.05, 0) is 19.9 Å². The predicted octanol–water partition coefficient (Wildman–Crippen LogP) is 2.44. The highest BCUT2D eigenvalue weighted by atomic mass is 16.6. The summed E-state index contributed by atoms with van der Waals surface area (Å²) in [6.07, 6.45) is 0. The Bertz CT molecular complexity index is 703. The van der Waals surface area contributed by atoms with E-state index in [-0.39, 0.29) is 11.3 Å². The van der Waals surface area contributed by atoms with Crippen molar-refractivity contribution >= 4 is 11.7 Å². The number of hydrogen-bond donors (Lipinski definition) is 1. The van der Waals surface area contributed by atoms with E-state index in [0.717, 1.165) is 0 Å². The van der Waals surface area contributed by atoms with Crippen LogP contribution in [0, 0.1) is 24.0 Å². The monoisotopic (exact) mass is 291 g/mol. The maximum Gasteiger partial charge on any atom is 0.339 e. The van der Waals surface area contributed by atoms with Crippen molar-refractivity contribution in [3.05, 3.63) is 45.3 Å². The molecule has 110 valence electrons. The molecule has 0 saturated heterocycles. The molecule has 0 fully saturated rings. The van der Waals surface area contributed by atoms with Crippen LogP contribution >= 0.6 is 0 Å². The van der Waals surface area contributed by atoms with Crippen molar-refractivity contribution in [1.82, 2.24) is 9.78 Å². The zero-order valence-corrected chi connectivity index (χ0v) is 11.7. The quantitative estimate of drug-likeness (QED) is 0.684. The van der Waals surface area contributed by atoms with E-state index in [4.69, 9.17) is 4.74 Å². The first kappa shape index (κ1) is 14.5. The fourth-order valence-electron chi connectivity index (χ4n) is 1.95. The topological polar surface area (TPSA) is 107 Å². The standard InChI is InChI=1S/C13H13N3O5/c1-7-11(8(2)15(3)14-7)21-12-9(13(17)18)5-4-6-10(12)16(19)20/h4-6H,1-3H3,(H,17,18). The summed E-state index contributed by atoms with van der Waals surface area (Å²) in [4.78, 5) is 21.6. The van der Waals surface area contributed by atoms with E-state index in [1.807, 2.05) is 0 Å². The second-order valence-corrected chi connectivity index (χ2v) is 4.44. The second-order valence-electron chi connectivity index (χ2n) is 4.44. The number of carboxylic acids is 1. The highest BCUT2D eigenvalue weighted by molar-refractivity contribution is 5.92. The van der Waals surface area contributed by atoms with Crippen LogP contribution in [0.3, 0.4) is 0 Å². The van der Waals surface area contributed by atoms with Gasteiger partial charge in [0.05, 0.1) is 10.6 Å². The van der Waals surface area contributed by atoms with E-state index in [1.54, 1.807) is 25.6 Å².